The van der Waals surface area contributed by atoms with Crippen molar-refractivity contribution >= 4 is 17.3 Å². The summed E-state index contributed by atoms with van der Waals surface area (Å²) in [5, 5.41) is 14.7. The highest BCUT2D eigenvalue weighted by atomic mass is 35.5. The quantitative estimate of drug-likeness (QED) is 0.669. The Morgan fingerprint density at radius 3 is 2.43 bits per heavy atom. The second-order valence-electron chi connectivity index (χ2n) is 4.98. The van der Waals surface area contributed by atoms with E-state index in [1.165, 1.54) is 12.1 Å². The van der Waals surface area contributed by atoms with Crippen LogP contribution in [-0.2, 0) is 6.42 Å². The Bertz CT molecular complexity index is 641. The molecule has 2 rings (SSSR count). The molecule has 21 heavy (non-hydrogen) atoms. The normalized spacial score (nSPS) is 12.1. The van der Waals surface area contributed by atoms with E-state index in [4.69, 9.17) is 11.6 Å². The van der Waals surface area contributed by atoms with Crippen LogP contribution in [0.2, 0.25) is 5.02 Å². The van der Waals surface area contributed by atoms with Crippen LogP contribution in [-0.4, -0.2) is 12.0 Å². The van der Waals surface area contributed by atoms with E-state index in [0.717, 1.165) is 28.1 Å². The van der Waals surface area contributed by atoms with Crippen molar-refractivity contribution < 1.29 is 4.92 Å². The summed E-state index contributed by atoms with van der Waals surface area (Å²) in [4.78, 5) is 10.3. The van der Waals surface area contributed by atoms with Gasteiger partial charge in [0.15, 0.2) is 0 Å². The second-order valence-corrected chi connectivity index (χ2v) is 5.38. The summed E-state index contributed by atoms with van der Waals surface area (Å²) in [5.74, 6) is 0. The molecule has 0 fully saturated rings. The standard InChI is InChI=1S/C16H17ClN2O2/c1-11-9-13(5-8-15(11)17)16(18-2)10-12-3-6-14(7-4-12)19(20)21/h3-9,16,18H,10H2,1-2H3. The highest BCUT2D eigenvalue weighted by Crippen LogP contribution is 2.24. The monoisotopic (exact) mass is 304 g/mol. The Hall–Kier alpha value is -1.91. The number of nitro groups is 1. The zero-order chi connectivity index (χ0) is 15.4. The maximum atomic E-state index is 10.7. The van der Waals surface area contributed by atoms with Gasteiger partial charge >= 0.3 is 0 Å². The van der Waals surface area contributed by atoms with Crippen LogP contribution in [0.1, 0.15) is 22.7 Å². The summed E-state index contributed by atoms with van der Waals surface area (Å²) in [6, 6.07) is 12.8. The third-order valence-corrected chi connectivity index (χ3v) is 3.94. The third kappa shape index (κ3) is 3.80. The van der Waals surface area contributed by atoms with Crippen LogP contribution < -0.4 is 5.32 Å². The van der Waals surface area contributed by atoms with Crippen LogP contribution in [0.3, 0.4) is 0 Å². The molecule has 0 saturated heterocycles. The first-order chi connectivity index (χ1) is 10.0. The number of nitrogens with one attached hydrogen (secondary N) is 1. The number of rotatable bonds is 5. The van der Waals surface area contributed by atoms with E-state index in [1.54, 1.807) is 12.1 Å². The zero-order valence-electron chi connectivity index (χ0n) is 12.0. The predicted molar refractivity (Wildman–Crippen MR) is 84.8 cm³/mol. The van der Waals surface area contributed by atoms with Crippen molar-refractivity contribution in [3.05, 3.63) is 74.3 Å². The van der Waals surface area contributed by atoms with E-state index < -0.39 is 0 Å². The van der Waals surface area contributed by atoms with Crippen molar-refractivity contribution in [3.63, 3.8) is 0 Å². The highest BCUT2D eigenvalue weighted by molar-refractivity contribution is 6.31. The fourth-order valence-corrected chi connectivity index (χ4v) is 2.38. The Kier molecular flexibility index (Phi) is 4.94. The summed E-state index contributed by atoms with van der Waals surface area (Å²) in [6.45, 7) is 1.98. The molecule has 0 bridgehead atoms. The fourth-order valence-electron chi connectivity index (χ4n) is 2.26. The van der Waals surface area contributed by atoms with E-state index >= 15 is 0 Å². The first-order valence-corrected chi connectivity index (χ1v) is 7.05. The van der Waals surface area contributed by atoms with Gasteiger partial charge in [-0.1, -0.05) is 35.9 Å². The van der Waals surface area contributed by atoms with Crippen LogP contribution in [0.4, 0.5) is 5.69 Å². The van der Waals surface area contributed by atoms with Gasteiger partial charge in [-0.15, -0.1) is 0 Å². The molecule has 0 saturated carbocycles. The van der Waals surface area contributed by atoms with Crippen molar-refractivity contribution in [2.24, 2.45) is 0 Å². The van der Waals surface area contributed by atoms with Gasteiger partial charge in [-0.25, -0.2) is 0 Å². The summed E-state index contributed by atoms with van der Waals surface area (Å²) < 4.78 is 0. The SMILES string of the molecule is CNC(Cc1ccc([N+](=O)[O-])cc1)c1ccc(Cl)c(C)c1. The Balaban J connectivity index is 2.18. The third-order valence-electron chi connectivity index (χ3n) is 3.52. The topological polar surface area (TPSA) is 55.2 Å². The van der Waals surface area contributed by atoms with Gasteiger partial charge in [-0.2, -0.15) is 0 Å². The molecule has 110 valence electrons. The summed E-state index contributed by atoms with van der Waals surface area (Å²) in [5.41, 5.74) is 3.35. The van der Waals surface area contributed by atoms with Gasteiger partial charge in [-0.3, -0.25) is 10.1 Å². The van der Waals surface area contributed by atoms with Gasteiger partial charge in [0.2, 0.25) is 0 Å². The van der Waals surface area contributed by atoms with Crippen LogP contribution in [0.15, 0.2) is 42.5 Å². The molecule has 1 unspecified atom stereocenters. The van der Waals surface area contributed by atoms with E-state index in [9.17, 15) is 10.1 Å². The lowest BCUT2D eigenvalue weighted by Crippen LogP contribution is -2.19. The van der Waals surface area contributed by atoms with Gasteiger partial charge in [0.25, 0.3) is 5.69 Å². The molecule has 1 N–H and O–H groups in total. The van der Waals surface area contributed by atoms with Gasteiger partial charge in [0.1, 0.15) is 0 Å². The number of benzene rings is 2. The predicted octanol–water partition coefficient (Wildman–Crippen LogP) is 4.06. The molecular formula is C16H17ClN2O2. The molecule has 0 amide bonds. The molecule has 2 aromatic rings. The Labute approximate surface area is 128 Å². The average Bonchev–Trinajstić information content (AvgIpc) is 2.48. The number of halogens is 1. The van der Waals surface area contributed by atoms with Crippen LogP contribution in [0.25, 0.3) is 0 Å². The molecule has 0 aromatic heterocycles. The summed E-state index contributed by atoms with van der Waals surface area (Å²) in [6.07, 6.45) is 0.759. The van der Waals surface area contributed by atoms with Crippen molar-refractivity contribution in [1.29, 1.82) is 0 Å². The van der Waals surface area contributed by atoms with E-state index in [2.05, 4.69) is 11.4 Å². The largest absolute Gasteiger partial charge is 0.313 e. The Morgan fingerprint density at radius 2 is 1.90 bits per heavy atom. The van der Waals surface area contributed by atoms with Gasteiger partial charge in [-0.05, 0) is 43.1 Å². The number of nitrogens with zero attached hydrogens (tertiary/aromatic N) is 1. The van der Waals surface area contributed by atoms with Crippen molar-refractivity contribution in [1.82, 2.24) is 5.32 Å². The number of hydrogen-bond acceptors (Lipinski definition) is 3. The van der Waals surface area contributed by atoms with E-state index in [-0.39, 0.29) is 16.7 Å². The molecule has 0 aliphatic heterocycles. The second kappa shape index (κ2) is 6.70. The van der Waals surface area contributed by atoms with Gasteiger partial charge in [0.05, 0.1) is 4.92 Å². The highest BCUT2D eigenvalue weighted by Gasteiger charge is 2.12. The van der Waals surface area contributed by atoms with Crippen LogP contribution >= 0.6 is 11.6 Å². The lowest BCUT2D eigenvalue weighted by Gasteiger charge is -2.17. The van der Waals surface area contributed by atoms with Crippen molar-refractivity contribution in [3.8, 4) is 0 Å². The van der Waals surface area contributed by atoms with E-state index in [0.29, 0.717) is 0 Å². The van der Waals surface area contributed by atoms with E-state index in [1.807, 2.05) is 26.1 Å². The minimum absolute atomic E-state index is 0.113. The summed E-state index contributed by atoms with van der Waals surface area (Å²) >= 11 is 6.05. The zero-order valence-corrected chi connectivity index (χ0v) is 12.7. The lowest BCUT2D eigenvalue weighted by molar-refractivity contribution is -0.384. The van der Waals surface area contributed by atoms with Crippen LogP contribution in [0, 0.1) is 17.0 Å². The number of aryl methyl sites for hydroxylation is 1. The number of nitro benzene ring substituents is 1. The molecular weight excluding hydrogens is 288 g/mol. The lowest BCUT2D eigenvalue weighted by atomic mass is 9.97. The number of hydrogen-bond donors (Lipinski definition) is 1. The molecule has 0 heterocycles. The molecule has 2 aromatic carbocycles. The van der Waals surface area contributed by atoms with Gasteiger partial charge < -0.3 is 5.32 Å². The fraction of sp³-hybridized carbons (Fsp3) is 0.250. The summed E-state index contributed by atoms with van der Waals surface area (Å²) in [7, 11) is 1.90. The maximum Gasteiger partial charge on any atom is 0.269 e. The minimum Gasteiger partial charge on any atom is -0.313 e. The molecule has 0 aliphatic carbocycles. The first-order valence-electron chi connectivity index (χ1n) is 6.68. The van der Waals surface area contributed by atoms with Crippen molar-refractivity contribution in [2.75, 3.05) is 7.05 Å². The maximum absolute atomic E-state index is 10.7. The first kappa shape index (κ1) is 15.5. The molecule has 5 heteroatoms. The smallest absolute Gasteiger partial charge is 0.269 e. The minimum atomic E-state index is -0.387. The van der Waals surface area contributed by atoms with Crippen molar-refractivity contribution in [2.45, 2.75) is 19.4 Å². The molecule has 1 atom stereocenters. The molecule has 0 spiro atoms. The Morgan fingerprint density at radius 1 is 1.24 bits per heavy atom. The number of likely N-dealkylation sites (N-methyl/N-ethyl adjacent to an activating group) is 1. The molecule has 0 radical (unpaired) electrons. The number of non-ortho nitro benzene ring substituents is 1. The average molecular weight is 305 g/mol. The van der Waals surface area contributed by atoms with Crippen LogP contribution in [0.5, 0.6) is 0 Å². The molecule has 0 aliphatic rings. The molecule has 4 nitrogen and oxygen atoms in total. The van der Waals surface area contributed by atoms with Gasteiger partial charge in [0, 0.05) is 23.2 Å².